The second-order valence-electron chi connectivity index (χ2n) is 4.72. The first-order valence-electron chi connectivity index (χ1n) is 7.02. The van der Waals surface area contributed by atoms with Gasteiger partial charge in [-0.15, -0.1) is 0 Å². The van der Waals surface area contributed by atoms with Crippen molar-refractivity contribution in [2.24, 2.45) is 0 Å². The van der Waals surface area contributed by atoms with Crippen LogP contribution in [0.1, 0.15) is 22.8 Å². The largest absolute Gasteiger partial charge is 0.343 e. The molecular formula is C17H17ClN2O2. The number of halogens is 1. The molecule has 0 atom stereocenters. The third kappa shape index (κ3) is 4.09. The number of rotatable bonds is 5. The van der Waals surface area contributed by atoms with Gasteiger partial charge in [0.25, 0.3) is 5.91 Å². The highest BCUT2D eigenvalue weighted by atomic mass is 35.5. The summed E-state index contributed by atoms with van der Waals surface area (Å²) < 4.78 is 0. The van der Waals surface area contributed by atoms with Gasteiger partial charge in [-0.05, 0) is 30.2 Å². The monoisotopic (exact) mass is 316 g/mol. The smallest absolute Gasteiger partial charge is 0.253 e. The Morgan fingerprint density at radius 3 is 2.45 bits per heavy atom. The number of hydrogen-bond donors (Lipinski definition) is 2. The lowest BCUT2D eigenvalue weighted by atomic mass is 10.1. The normalized spacial score (nSPS) is 10.1. The molecule has 0 aliphatic heterocycles. The summed E-state index contributed by atoms with van der Waals surface area (Å²) in [5, 5.41) is 5.72. The molecule has 0 spiro atoms. The van der Waals surface area contributed by atoms with E-state index in [1.165, 1.54) is 0 Å². The summed E-state index contributed by atoms with van der Waals surface area (Å²) in [7, 11) is 0. The molecule has 0 aliphatic carbocycles. The van der Waals surface area contributed by atoms with E-state index in [1.54, 1.807) is 24.3 Å². The molecular weight excluding hydrogens is 300 g/mol. The maximum Gasteiger partial charge on any atom is 0.253 e. The number of aryl methyl sites for hydroxylation is 1. The van der Waals surface area contributed by atoms with Crippen LogP contribution in [0.2, 0.25) is 5.02 Å². The fourth-order valence-corrected chi connectivity index (χ4v) is 2.27. The molecule has 0 bridgehead atoms. The SMILES string of the molecule is CCc1ccccc1NC(=O)CNC(=O)c1ccccc1Cl. The summed E-state index contributed by atoms with van der Waals surface area (Å²) in [5.41, 5.74) is 2.17. The number of hydrogen-bond acceptors (Lipinski definition) is 2. The minimum Gasteiger partial charge on any atom is -0.343 e. The van der Waals surface area contributed by atoms with Crippen LogP contribution in [0.4, 0.5) is 5.69 Å². The summed E-state index contributed by atoms with van der Waals surface area (Å²) in [6.07, 6.45) is 0.822. The highest BCUT2D eigenvalue weighted by Gasteiger charge is 2.11. The van der Waals surface area contributed by atoms with Crippen molar-refractivity contribution in [2.45, 2.75) is 13.3 Å². The number of nitrogens with one attached hydrogen (secondary N) is 2. The van der Waals surface area contributed by atoms with Crippen molar-refractivity contribution in [3.63, 3.8) is 0 Å². The number of carbonyl (C=O) groups is 2. The van der Waals surface area contributed by atoms with Gasteiger partial charge in [0, 0.05) is 5.69 Å². The van der Waals surface area contributed by atoms with E-state index in [1.807, 2.05) is 31.2 Å². The van der Waals surface area contributed by atoms with Gasteiger partial charge in [-0.2, -0.15) is 0 Å². The Bertz CT molecular complexity index is 686. The fraction of sp³-hybridized carbons (Fsp3) is 0.176. The van der Waals surface area contributed by atoms with Crippen molar-refractivity contribution in [3.05, 3.63) is 64.7 Å². The molecule has 2 N–H and O–H groups in total. The molecule has 2 aromatic rings. The quantitative estimate of drug-likeness (QED) is 0.889. The van der Waals surface area contributed by atoms with E-state index in [4.69, 9.17) is 11.6 Å². The average molecular weight is 317 g/mol. The van der Waals surface area contributed by atoms with Crippen LogP contribution in [-0.4, -0.2) is 18.4 Å². The van der Waals surface area contributed by atoms with Crippen LogP contribution in [0, 0.1) is 0 Å². The van der Waals surface area contributed by atoms with Gasteiger partial charge < -0.3 is 10.6 Å². The van der Waals surface area contributed by atoms with Crippen molar-refractivity contribution in [2.75, 3.05) is 11.9 Å². The zero-order valence-electron chi connectivity index (χ0n) is 12.2. The highest BCUT2D eigenvalue weighted by molar-refractivity contribution is 6.33. The van der Waals surface area contributed by atoms with Gasteiger partial charge in [-0.3, -0.25) is 9.59 Å². The van der Waals surface area contributed by atoms with E-state index < -0.39 is 0 Å². The van der Waals surface area contributed by atoms with Crippen molar-refractivity contribution in [1.82, 2.24) is 5.32 Å². The van der Waals surface area contributed by atoms with Crippen LogP contribution in [-0.2, 0) is 11.2 Å². The molecule has 2 amide bonds. The van der Waals surface area contributed by atoms with Crippen molar-refractivity contribution < 1.29 is 9.59 Å². The lowest BCUT2D eigenvalue weighted by Gasteiger charge is -2.10. The van der Waals surface area contributed by atoms with E-state index >= 15 is 0 Å². The van der Waals surface area contributed by atoms with Crippen molar-refractivity contribution >= 4 is 29.1 Å². The van der Waals surface area contributed by atoms with E-state index in [9.17, 15) is 9.59 Å². The number of carbonyl (C=O) groups excluding carboxylic acids is 2. The molecule has 0 aromatic heterocycles. The molecule has 4 nitrogen and oxygen atoms in total. The molecule has 114 valence electrons. The molecule has 0 aliphatic rings. The standard InChI is InChI=1S/C17H17ClN2O2/c1-2-12-7-3-6-10-15(12)20-16(21)11-19-17(22)13-8-4-5-9-14(13)18/h3-10H,2,11H2,1H3,(H,19,22)(H,20,21). The Balaban J connectivity index is 1.93. The minimum absolute atomic E-state index is 0.109. The molecule has 0 radical (unpaired) electrons. The van der Waals surface area contributed by atoms with Crippen molar-refractivity contribution in [3.8, 4) is 0 Å². The van der Waals surface area contributed by atoms with Crippen LogP contribution >= 0.6 is 11.6 Å². The molecule has 0 saturated carbocycles. The molecule has 0 saturated heterocycles. The summed E-state index contributed by atoms with van der Waals surface area (Å²) in [6.45, 7) is 1.91. The van der Waals surface area contributed by atoms with E-state index in [0.29, 0.717) is 10.6 Å². The second-order valence-corrected chi connectivity index (χ2v) is 5.13. The summed E-state index contributed by atoms with van der Waals surface area (Å²) in [6, 6.07) is 14.3. The predicted molar refractivity (Wildman–Crippen MR) is 88.2 cm³/mol. The fourth-order valence-electron chi connectivity index (χ4n) is 2.05. The van der Waals surface area contributed by atoms with Gasteiger partial charge in [0.1, 0.15) is 0 Å². The van der Waals surface area contributed by atoms with Crippen LogP contribution in [0.25, 0.3) is 0 Å². The molecule has 5 heteroatoms. The van der Waals surface area contributed by atoms with E-state index in [-0.39, 0.29) is 18.4 Å². The third-order valence-electron chi connectivity index (χ3n) is 3.20. The second kappa shape index (κ2) is 7.61. The maximum atomic E-state index is 12.0. The lowest BCUT2D eigenvalue weighted by molar-refractivity contribution is -0.115. The van der Waals surface area contributed by atoms with Gasteiger partial charge in [0.15, 0.2) is 0 Å². The van der Waals surface area contributed by atoms with Crippen LogP contribution in [0.5, 0.6) is 0 Å². The Morgan fingerprint density at radius 2 is 1.73 bits per heavy atom. The Morgan fingerprint density at radius 1 is 1.05 bits per heavy atom. The first kappa shape index (κ1) is 16.0. The van der Waals surface area contributed by atoms with Gasteiger partial charge in [0.2, 0.25) is 5.91 Å². The van der Waals surface area contributed by atoms with Gasteiger partial charge in [-0.1, -0.05) is 48.9 Å². The van der Waals surface area contributed by atoms with Gasteiger partial charge in [0.05, 0.1) is 17.1 Å². The number of benzene rings is 2. The maximum absolute atomic E-state index is 12.0. The third-order valence-corrected chi connectivity index (χ3v) is 3.53. The van der Waals surface area contributed by atoms with Crippen LogP contribution < -0.4 is 10.6 Å². The molecule has 0 unspecified atom stereocenters. The molecule has 0 fully saturated rings. The van der Waals surface area contributed by atoms with E-state index in [2.05, 4.69) is 10.6 Å². The summed E-state index contributed by atoms with van der Waals surface area (Å²) in [5.74, 6) is -0.647. The predicted octanol–water partition coefficient (Wildman–Crippen LogP) is 3.27. The zero-order chi connectivity index (χ0) is 15.9. The first-order chi connectivity index (χ1) is 10.6. The minimum atomic E-state index is -0.371. The molecule has 2 aromatic carbocycles. The zero-order valence-corrected chi connectivity index (χ0v) is 13.0. The lowest BCUT2D eigenvalue weighted by Crippen LogP contribution is -2.33. The topological polar surface area (TPSA) is 58.2 Å². The summed E-state index contributed by atoms with van der Waals surface area (Å²) >= 11 is 5.94. The van der Waals surface area contributed by atoms with Crippen LogP contribution in [0.15, 0.2) is 48.5 Å². The Labute approximate surface area is 134 Å². The van der Waals surface area contributed by atoms with Gasteiger partial charge in [-0.25, -0.2) is 0 Å². The Kier molecular flexibility index (Phi) is 5.55. The number of para-hydroxylation sites is 1. The average Bonchev–Trinajstić information content (AvgIpc) is 2.53. The molecule has 0 heterocycles. The number of anilines is 1. The first-order valence-corrected chi connectivity index (χ1v) is 7.40. The van der Waals surface area contributed by atoms with Crippen molar-refractivity contribution in [1.29, 1.82) is 0 Å². The van der Waals surface area contributed by atoms with Gasteiger partial charge >= 0.3 is 0 Å². The Hall–Kier alpha value is -2.33. The summed E-state index contributed by atoms with van der Waals surface area (Å²) in [4.78, 5) is 23.9. The van der Waals surface area contributed by atoms with Crippen LogP contribution in [0.3, 0.4) is 0 Å². The molecule has 22 heavy (non-hydrogen) atoms. The number of amides is 2. The highest BCUT2D eigenvalue weighted by Crippen LogP contribution is 2.16. The van der Waals surface area contributed by atoms with E-state index in [0.717, 1.165) is 17.7 Å². The molecule has 2 rings (SSSR count).